The summed E-state index contributed by atoms with van der Waals surface area (Å²) in [5.41, 5.74) is 4.44. The zero-order valence-electron chi connectivity index (χ0n) is 12.8. The number of fused-ring (bicyclic) bond motifs is 1. The van der Waals surface area contributed by atoms with Gasteiger partial charge in [-0.2, -0.15) is 0 Å². The van der Waals surface area contributed by atoms with Crippen molar-refractivity contribution in [2.24, 2.45) is 4.99 Å². The van der Waals surface area contributed by atoms with Gasteiger partial charge in [0.2, 0.25) is 0 Å². The molecule has 0 spiro atoms. The fourth-order valence-corrected chi connectivity index (χ4v) is 3.80. The summed E-state index contributed by atoms with van der Waals surface area (Å²) >= 11 is 7.71. The van der Waals surface area contributed by atoms with Crippen molar-refractivity contribution < 1.29 is 0 Å². The number of hydrogen-bond acceptors (Lipinski definition) is 2. The normalized spacial score (nSPS) is 15.0. The quantitative estimate of drug-likeness (QED) is 0.504. The van der Waals surface area contributed by atoms with Crippen molar-refractivity contribution in [1.29, 1.82) is 0 Å². The van der Waals surface area contributed by atoms with Crippen LogP contribution in [0.1, 0.15) is 16.7 Å². The minimum atomic E-state index is 0.737. The number of thioether (sulfide) groups is 1. The van der Waals surface area contributed by atoms with Gasteiger partial charge >= 0.3 is 0 Å². The lowest BCUT2D eigenvalue weighted by Crippen LogP contribution is -2.01. The smallest absolute Gasteiger partial charge is 0.109 e. The minimum absolute atomic E-state index is 0.737. The first-order chi connectivity index (χ1) is 11.8. The second kappa shape index (κ2) is 6.68. The van der Waals surface area contributed by atoms with E-state index in [9.17, 15) is 0 Å². The van der Waals surface area contributed by atoms with Crippen molar-refractivity contribution in [3.63, 3.8) is 0 Å². The lowest BCUT2D eigenvalue weighted by molar-refractivity contribution is 1.49. The molecule has 0 amide bonds. The monoisotopic (exact) mass is 347 g/mol. The van der Waals surface area contributed by atoms with E-state index in [0.29, 0.717) is 0 Å². The molecule has 1 aliphatic heterocycles. The highest BCUT2D eigenvalue weighted by atomic mass is 35.5. The highest BCUT2D eigenvalue weighted by Crippen LogP contribution is 2.42. The summed E-state index contributed by atoms with van der Waals surface area (Å²) in [5, 5.41) is 1.73. The van der Waals surface area contributed by atoms with Crippen LogP contribution in [0.15, 0.2) is 83.9 Å². The molecular weight excluding hydrogens is 334 g/mol. The third-order valence-corrected chi connectivity index (χ3v) is 5.12. The number of aliphatic imine (C=N–C) groups is 1. The van der Waals surface area contributed by atoms with Gasteiger partial charge in [0, 0.05) is 21.1 Å². The van der Waals surface area contributed by atoms with Gasteiger partial charge in [-0.1, -0.05) is 84.0 Å². The Bertz CT molecular complexity index is 928. The lowest BCUT2D eigenvalue weighted by atomic mass is 10.1. The van der Waals surface area contributed by atoms with Crippen LogP contribution < -0.4 is 0 Å². The molecule has 0 aromatic heterocycles. The maximum atomic E-state index is 6.01. The van der Waals surface area contributed by atoms with Crippen molar-refractivity contribution in [3.8, 4) is 0 Å². The molecule has 1 heterocycles. The second-order valence-corrected chi connectivity index (χ2v) is 6.93. The molecule has 0 saturated carbocycles. The van der Waals surface area contributed by atoms with Gasteiger partial charge in [0.15, 0.2) is 0 Å². The maximum Gasteiger partial charge on any atom is 0.109 e. The molecule has 0 saturated heterocycles. The van der Waals surface area contributed by atoms with Crippen LogP contribution in [0.2, 0.25) is 5.02 Å². The first-order valence-corrected chi connectivity index (χ1v) is 8.88. The van der Waals surface area contributed by atoms with E-state index in [4.69, 9.17) is 16.6 Å². The first-order valence-electron chi connectivity index (χ1n) is 7.68. The highest BCUT2D eigenvalue weighted by Gasteiger charge is 2.18. The van der Waals surface area contributed by atoms with Crippen LogP contribution >= 0.6 is 23.4 Å². The predicted molar refractivity (Wildman–Crippen MR) is 106 cm³/mol. The number of benzene rings is 3. The number of nitrogens with zero attached hydrogens (tertiary/aromatic N) is 1. The third-order valence-electron chi connectivity index (χ3n) is 3.79. The Kier molecular flexibility index (Phi) is 4.24. The standard InChI is InChI=1S/C21H14ClNS/c22-17-12-10-16(11-13-17)21-23-19-9-5-4-8-18(19)20(24-21)14-15-6-2-1-3-7-15/h1-14H/b20-14-. The maximum absolute atomic E-state index is 6.01. The van der Waals surface area contributed by atoms with E-state index < -0.39 is 0 Å². The number of para-hydroxylation sites is 1. The van der Waals surface area contributed by atoms with Gasteiger partial charge in [-0.05, 0) is 29.8 Å². The van der Waals surface area contributed by atoms with Crippen LogP contribution in [0.4, 0.5) is 5.69 Å². The molecule has 116 valence electrons. The van der Waals surface area contributed by atoms with Crippen LogP contribution in [-0.4, -0.2) is 5.04 Å². The molecule has 0 N–H and O–H groups in total. The summed E-state index contributed by atoms with van der Waals surface area (Å²) in [7, 11) is 0. The number of hydrogen-bond donors (Lipinski definition) is 0. The zero-order chi connectivity index (χ0) is 16.4. The summed E-state index contributed by atoms with van der Waals surface area (Å²) in [6.07, 6.45) is 2.22. The summed E-state index contributed by atoms with van der Waals surface area (Å²) in [6, 6.07) is 26.5. The van der Waals surface area contributed by atoms with Crippen LogP contribution in [0.25, 0.3) is 11.0 Å². The zero-order valence-corrected chi connectivity index (χ0v) is 14.4. The average molecular weight is 348 g/mol. The van der Waals surface area contributed by atoms with Gasteiger partial charge in [0.25, 0.3) is 0 Å². The molecule has 3 heteroatoms. The average Bonchev–Trinajstić information content (AvgIpc) is 2.63. The Morgan fingerprint density at radius 1 is 0.792 bits per heavy atom. The van der Waals surface area contributed by atoms with E-state index in [0.717, 1.165) is 21.3 Å². The van der Waals surface area contributed by atoms with E-state index in [1.807, 2.05) is 36.4 Å². The molecule has 0 aliphatic carbocycles. The van der Waals surface area contributed by atoms with E-state index in [1.54, 1.807) is 11.8 Å². The number of halogens is 1. The molecule has 0 radical (unpaired) electrons. The van der Waals surface area contributed by atoms with E-state index in [2.05, 4.69) is 48.5 Å². The van der Waals surface area contributed by atoms with E-state index >= 15 is 0 Å². The predicted octanol–water partition coefficient (Wildman–Crippen LogP) is 6.66. The topological polar surface area (TPSA) is 12.4 Å². The SMILES string of the molecule is Clc1ccc(C2=Nc3ccccc3/C(=C/c3ccccc3)S2)cc1. The summed E-state index contributed by atoms with van der Waals surface area (Å²) in [4.78, 5) is 6.04. The van der Waals surface area contributed by atoms with Crippen LogP contribution in [0, 0.1) is 0 Å². The molecule has 1 aliphatic rings. The summed E-state index contributed by atoms with van der Waals surface area (Å²) in [5.74, 6) is 0. The Balaban J connectivity index is 1.81. The molecule has 3 aromatic carbocycles. The van der Waals surface area contributed by atoms with Gasteiger partial charge in [-0.15, -0.1) is 0 Å². The van der Waals surface area contributed by atoms with Crippen LogP contribution in [-0.2, 0) is 0 Å². The first kappa shape index (κ1) is 15.3. The van der Waals surface area contributed by atoms with Crippen molar-refractivity contribution >= 4 is 45.1 Å². The van der Waals surface area contributed by atoms with Gasteiger partial charge in [0.05, 0.1) is 5.69 Å². The van der Waals surface area contributed by atoms with Crippen molar-refractivity contribution in [1.82, 2.24) is 0 Å². The van der Waals surface area contributed by atoms with Crippen molar-refractivity contribution in [2.75, 3.05) is 0 Å². The van der Waals surface area contributed by atoms with Gasteiger partial charge in [0.1, 0.15) is 5.04 Å². The molecule has 1 nitrogen and oxygen atoms in total. The van der Waals surface area contributed by atoms with E-state index in [1.165, 1.54) is 16.0 Å². The van der Waals surface area contributed by atoms with Crippen LogP contribution in [0.3, 0.4) is 0 Å². The highest BCUT2D eigenvalue weighted by molar-refractivity contribution is 8.22. The Morgan fingerprint density at radius 2 is 1.50 bits per heavy atom. The fraction of sp³-hybridized carbons (Fsp3) is 0. The molecule has 0 bridgehead atoms. The van der Waals surface area contributed by atoms with Crippen LogP contribution in [0.5, 0.6) is 0 Å². The second-order valence-electron chi connectivity index (χ2n) is 5.46. The molecule has 0 atom stereocenters. The molecule has 3 aromatic rings. The summed E-state index contributed by atoms with van der Waals surface area (Å²) in [6.45, 7) is 0. The molecule has 0 unspecified atom stereocenters. The van der Waals surface area contributed by atoms with Gasteiger partial charge in [-0.25, -0.2) is 4.99 Å². The van der Waals surface area contributed by atoms with Crippen molar-refractivity contribution in [2.45, 2.75) is 0 Å². The van der Waals surface area contributed by atoms with Gasteiger partial charge in [-0.3, -0.25) is 0 Å². The minimum Gasteiger partial charge on any atom is -0.240 e. The van der Waals surface area contributed by atoms with E-state index in [-0.39, 0.29) is 0 Å². The molecule has 0 fully saturated rings. The third kappa shape index (κ3) is 3.16. The fourth-order valence-electron chi connectivity index (χ4n) is 2.59. The Labute approximate surface area is 150 Å². The molecule has 24 heavy (non-hydrogen) atoms. The molecule has 4 rings (SSSR count). The largest absolute Gasteiger partial charge is 0.240 e. The van der Waals surface area contributed by atoms with Crippen molar-refractivity contribution in [3.05, 3.63) is 101 Å². The molecular formula is C21H14ClNS. The Morgan fingerprint density at radius 3 is 2.29 bits per heavy atom. The van der Waals surface area contributed by atoms with Gasteiger partial charge < -0.3 is 0 Å². The summed E-state index contributed by atoms with van der Waals surface area (Å²) < 4.78 is 0. The Hall–Kier alpha value is -2.29. The number of rotatable bonds is 2. The lowest BCUT2D eigenvalue weighted by Gasteiger charge is -2.18.